The van der Waals surface area contributed by atoms with E-state index in [0.717, 1.165) is 37.7 Å². The largest absolute Gasteiger partial charge is 0.388 e. The van der Waals surface area contributed by atoms with Crippen LogP contribution >= 0.6 is 11.6 Å². The second-order valence-electron chi connectivity index (χ2n) is 5.85. The Morgan fingerprint density at radius 3 is 2.58 bits per heavy atom. The molecule has 1 amide bonds. The van der Waals surface area contributed by atoms with Gasteiger partial charge < -0.3 is 10.4 Å². The van der Waals surface area contributed by atoms with Crippen LogP contribution in [0.15, 0.2) is 24.3 Å². The summed E-state index contributed by atoms with van der Waals surface area (Å²) in [5, 5.41) is 13.6. The molecule has 0 aromatic heterocycles. The molecule has 19 heavy (non-hydrogen) atoms. The fourth-order valence-electron chi connectivity index (χ4n) is 2.73. The molecule has 2 N–H and O–H groups in total. The first-order valence-corrected chi connectivity index (χ1v) is 7.19. The van der Waals surface area contributed by atoms with Crippen molar-refractivity contribution in [2.24, 2.45) is 0 Å². The highest BCUT2D eigenvalue weighted by molar-refractivity contribution is 6.30. The van der Waals surface area contributed by atoms with Crippen molar-refractivity contribution in [2.75, 3.05) is 6.54 Å². The zero-order valence-corrected chi connectivity index (χ0v) is 11.5. The van der Waals surface area contributed by atoms with Crippen LogP contribution < -0.4 is 5.32 Å². The predicted octanol–water partition coefficient (Wildman–Crippen LogP) is 2.40. The minimum atomic E-state index is -0.667. The highest BCUT2D eigenvalue weighted by atomic mass is 35.5. The van der Waals surface area contributed by atoms with Gasteiger partial charge in [-0.3, -0.25) is 4.79 Å². The van der Waals surface area contributed by atoms with Gasteiger partial charge in [-0.1, -0.05) is 23.7 Å². The first-order chi connectivity index (χ1) is 9.04. The maximum atomic E-state index is 12.4. The third-order valence-electron chi connectivity index (χ3n) is 4.42. The molecule has 0 radical (unpaired) electrons. The smallest absolute Gasteiger partial charge is 0.230 e. The quantitative estimate of drug-likeness (QED) is 0.889. The third-order valence-corrected chi connectivity index (χ3v) is 4.66. The van der Waals surface area contributed by atoms with Crippen molar-refractivity contribution in [3.8, 4) is 0 Å². The summed E-state index contributed by atoms with van der Waals surface area (Å²) in [5.41, 5.74) is -0.0939. The molecule has 3 rings (SSSR count). The van der Waals surface area contributed by atoms with Gasteiger partial charge in [0.2, 0.25) is 5.91 Å². The maximum absolute atomic E-state index is 12.4. The van der Waals surface area contributed by atoms with Crippen LogP contribution in [0.4, 0.5) is 0 Å². The van der Waals surface area contributed by atoms with Crippen molar-refractivity contribution in [1.29, 1.82) is 0 Å². The Morgan fingerprint density at radius 2 is 2.05 bits per heavy atom. The van der Waals surface area contributed by atoms with Crippen LogP contribution in [0, 0.1) is 0 Å². The number of amides is 1. The molecule has 2 aliphatic rings. The number of aliphatic hydroxyl groups is 1. The van der Waals surface area contributed by atoms with Crippen molar-refractivity contribution in [1.82, 2.24) is 5.32 Å². The van der Waals surface area contributed by atoms with Crippen LogP contribution in [0.3, 0.4) is 0 Å². The van der Waals surface area contributed by atoms with E-state index in [-0.39, 0.29) is 5.91 Å². The van der Waals surface area contributed by atoms with E-state index in [1.165, 1.54) is 0 Å². The van der Waals surface area contributed by atoms with Gasteiger partial charge in [0.25, 0.3) is 0 Å². The molecular weight excluding hydrogens is 262 g/mol. The summed E-state index contributed by atoms with van der Waals surface area (Å²) in [7, 11) is 0. The van der Waals surface area contributed by atoms with Crippen molar-refractivity contribution in [3.05, 3.63) is 34.9 Å². The number of rotatable bonds is 4. The summed E-state index contributed by atoms with van der Waals surface area (Å²) in [4.78, 5) is 12.4. The number of halogens is 1. The first kappa shape index (κ1) is 12.9. The van der Waals surface area contributed by atoms with Gasteiger partial charge in [-0.05, 0) is 49.8 Å². The topological polar surface area (TPSA) is 49.3 Å². The van der Waals surface area contributed by atoms with Crippen LogP contribution in [0.25, 0.3) is 0 Å². The molecule has 2 aliphatic carbocycles. The molecule has 2 saturated carbocycles. The number of hydrogen-bond acceptors (Lipinski definition) is 2. The van der Waals surface area contributed by atoms with Gasteiger partial charge in [-0.25, -0.2) is 0 Å². The maximum Gasteiger partial charge on any atom is 0.230 e. The second kappa shape index (κ2) is 4.50. The third kappa shape index (κ3) is 2.37. The van der Waals surface area contributed by atoms with Gasteiger partial charge in [-0.15, -0.1) is 0 Å². The van der Waals surface area contributed by atoms with Crippen LogP contribution in [0.1, 0.15) is 37.7 Å². The van der Waals surface area contributed by atoms with Crippen molar-refractivity contribution in [3.63, 3.8) is 0 Å². The molecule has 102 valence electrons. The lowest BCUT2D eigenvalue weighted by Crippen LogP contribution is -2.49. The summed E-state index contributed by atoms with van der Waals surface area (Å²) >= 11 is 5.99. The monoisotopic (exact) mass is 279 g/mol. The molecule has 0 unspecified atom stereocenters. The highest BCUT2D eigenvalue weighted by Gasteiger charge is 2.51. The molecule has 0 heterocycles. The lowest BCUT2D eigenvalue weighted by atomic mass is 9.80. The fraction of sp³-hybridized carbons (Fsp3) is 0.533. The van der Waals surface area contributed by atoms with Crippen molar-refractivity contribution < 1.29 is 9.90 Å². The SMILES string of the molecule is O=C(NCC1(O)CCC1)C1(c2cccc(Cl)c2)CC1. The van der Waals surface area contributed by atoms with Crippen LogP contribution in [-0.4, -0.2) is 23.2 Å². The van der Waals surface area contributed by atoms with E-state index in [0.29, 0.717) is 11.6 Å². The second-order valence-corrected chi connectivity index (χ2v) is 6.29. The number of hydrogen-bond donors (Lipinski definition) is 2. The summed E-state index contributed by atoms with van der Waals surface area (Å²) in [6.07, 6.45) is 4.34. The number of carbonyl (C=O) groups is 1. The molecule has 0 spiro atoms. The lowest BCUT2D eigenvalue weighted by Gasteiger charge is -2.37. The zero-order chi connectivity index (χ0) is 13.5. The average molecular weight is 280 g/mol. The van der Waals surface area contributed by atoms with Gasteiger partial charge in [0.15, 0.2) is 0 Å². The zero-order valence-electron chi connectivity index (χ0n) is 10.8. The number of carbonyl (C=O) groups excluding carboxylic acids is 1. The molecule has 0 atom stereocenters. The van der Waals surface area contributed by atoms with E-state index < -0.39 is 11.0 Å². The van der Waals surface area contributed by atoms with Gasteiger partial charge in [-0.2, -0.15) is 0 Å². The molecule has 3 nitrogen and oxygen atoms in total. The predicted molar refractivity (Wildman–Crippen MR) is 74.2 cm³/mol. The molecule has 1 aromatic rings. The van der Waals surface area contributed by atoms with Crippen molar-refractivity contribution >= 4 is 17.5 Å². The molecule has 0 saturated heterocycles. The number of nitrogens with one attached hydrogen (secondary N) is 1. The van der Waals surface area contributed by atoms with Gasteiger partial charge in [0, 0.05) is 11.6 Å². The molecule has 1 aromatic carbocycles. The minimum Gasteiger partial charge on any atom is -0.388 e. The molecule has 4 heteroatoms. The van der Waals surface area contributed by atoms with Crippen molar-refractivity contribution in [2.45, 2.75) is 43.1 Å². The van der Waals surface area contributed by atoms with Gasteiger partial charge >= 0.3 is 0 Å². The standard InChI is InChI=1S/C15H18ClNO2/c16-12-4-1-3-11(9-12)15(7-8-15)13(18)17-10-14(19)5-2-6-14/h1,3-4,9,19H,2,5-8,10H2,(H,17,18). The van der Waals surface area contributed by atoms with E-state index in [1.54, 1.807) is 0 Å². The Hall–Kier alpha value is -1.06. The van der Waals surface area contributed by atoms with E-state index in [1.807, 2.05) is 24.3 Å². The average Bonchev–Trinajstić information content (AvgIpc) is 3.15. The van der Waals surface area contributed by atoms with E-state index in [4.69, 9.17) is 11.6 Å². The fourth-order valence-corrected chi connectivity index (χ4v) is 2.92. The first-order valence-electron chi connectivity index (χ1n) is 6.81. The molecular formula is C15H18ClNO2. The Labute approximate surface area is 118 Å². The van der Waals surface area contributed by atoms with E-state index in [2.05, 4.69) is 5.32 Å². The molecule has 0 aliphatic heterocycles. The molecule has 2 fully saturated rings. The summed E-state index contributed by atoms with van der Waals surface area (Å²) < 4.78 is 0. The highest BCUT2D eigenvalue weighted by Crippen LogP contribution is 2.49. The summed E-state index contributed by atoms with van der Waals surface area (Å²) in [5.74, 6) is 0.0232. The normalized spacial score (nSPS) is 22.4. The minimum absolute atomic E-state index is 0.0232. The van der Waals surface area contributed by atoms with Gasteiger partial charge in [0.05, 0.1) is 11.0 Å². The van der Waals surface area contributed by atoms with E-state index >= 15 is 0 Å². The molecule has 0 bridgehead atoms. The summed E-state index contributed by atoms with van der Waals surface area (Å²) in [6.45, 7) is 0.369. The van der Waals surface area contributed by atoms with Crippen LogP contribution in [0.2, 0.25) is 5.02 Å². The van der Waals surface area contributed by atoms with Gasteiger partial charge in [0.1, 0.15) is 0 Å². The van der Waals surface area contributed by atoms with Crippen LogP contribution in [0.5, 0.6) is 0 Å². The lowest BCUT2D eigenvalue weighted by molar-refractivity contribution is -0.126. The van der Waals surface area contributed by atoms with Crippen LogP contribution in [-0.2, 0) is 10.2 Å². The Bertz CT molecular complexity index is 507. The Kier molecular flexibility index (Phi) is 3.06. The van der Waals surface area contributed by atoms with E-state index in [9.17, 15) is 9.90 Å². The Balaban J connectivity index is 1.69. The summed E-state index contributed by atoms with van der Waals surface area (Å²) in [6, 6.07) is 7.52. The number of benzene rings is 1. The Morgan fingerprint density at radius 1 is 1.32 bits per heavy atom.